The van der Waals surface area contributed by atoms with Gasteiger partial charge in [0.2, 0.25) is 5.91 Å². The molecule has 1 saturated carbocycles. The zero-order chi connectivity index (χ0) is 19.0. The Morgan fingerprint density at radius 2 is 1.78 bits per heavy atom. The minimum absolute atomic E-state index is 0.00383. The van der Waals surface area contributed by atoms with Crippen LogP contribution in [-0.2, 0) is 14.6 Å². The molecular weight excluding hydrogens is 360 g/mol. The van der Waals surface area contributed by atoms with E-state index in [1.165, 1.54) is 32.2 Å². The van der Waals surface area contributed by atoms with Gasteiger partial charge in [0.15, 0.2) is 9.84 Å². The predicted octanol–water partition coefficient (Wildman–Crippen LogP) is 2.49. The molecule has 1 aromatic carbocycles. The van der Waals surface area contributed by atoms with E-state index in [9.17, 15) is 13.2 Å². The Hall–Kier alpha value is -1.40. The second-order valence-corrected chi connectivity index (χ2v) is 10.8. The van der Waals surface area contributed by atoms with Crippen molar-refractivity contribution in [1.82, 2.24) is 9.80 Å². The van der Waals surface area contributed by atoms with Crippen LogP contribution in [0.15, 0.2) is 29.2 Å². The molecule has 1 amide bonds. The molecule has 0 radical (unpaired) electrons. The van der Waals surface area contributed by atoms with Crippen LogP contribution in [0, 0.1) is 18.8 Å². The highest BCUT2D eigenvalue weighted by Gasteiger charge is 2.38. The van der Waals surface area contributed by atoms with E-state index < -0.39 is 9.84 Å². The molecule has 3 saturated heterocycles. The lowest BCUT2D eigenvalue weighted by molar-refractivity contribution is -0.131. The zero-order valence-electron chi connectivity index (χ0n) is 16.1. The highest BCUT2D eigenvalue weighted by atomic mass is 32.2. The first-order chi connectivity index (χ1) is 12.9. The minimum atomic E-state index is -3.41. The summed E-state index contributed by atoms with van der Waals surface area (Å²) >= 11 is 0. The second-order valence-electron chi connectivity index (χ2n) is 8.68. The second kappa shape index (κ2) is 7.55. The molecule has 5 nitrogen and oxygen atoms in total. The number of benzene rings is 1. The summed E-state index contributed by atoms with van der Waals surface area (Å²) in [5.74, 6) is 1.30. The maximum Gasteiger partial charge on any atom is 0.223 e. The van der Waals surface area contributed by atoms with Gasteiger partial charge in [-0.05, 0) is 56.6 Å². The third kappa shape index (κ3) is 4.54. The Kier molecular flexibility index (Phi) is 5.30. The van der Waals surface area contributed by atoms with Gasteiger partial charge in [0.25, 0.3) is 0 Å². The van der Waals surface area contributed by atoms with Gasteiger partial charge in [0.1, 0.15) is 0 Å². The topological polar surface area (TPSA) is 57.7 Å². The van der Waals surface area contributed by atoms with Gasteiger partial charge in [-0.2, -0.15) is 0 Å². The number of rotatable bonds is 6. The predicted molar refractivity (Wildman–Crippen MR) is 105 cm³/mol. The zero-order valence-corrected chi connectivity index (χ0v) is 17.0. The van der Waals surface area contributed by atoms with E-state index in [1.54, 1.807) is 24.3 Å². The Bertz CT molecular complexity index is 786. The summed E-state index contributed by atoms with van der Waals surface area (Å²) in [7, 11) is -3.41. The van der Waals surface area contributed by atoms with Crippen LogP contribution in [0.25, 0.3) is 0 Å². The summed E-state index contributed by atoms with van der Waals surface area (Å²) in [6.07, 6.45) is 5.15. The third-order valence-corrected chi connectivity index (χ3v) is 8.07. The monoisotopic (exact) mass is 390 g/mol. The average Bonchev–Trinajstić information content (AvgIpc) is 3.48. The van der Waals surface area contributed by atoms with E-state index in [1.807, 2.05) is 11.8 Å². The first-order valence-corrected chi connectivity index (χ1v) is 11.9. The first kappa shape index (κ1) is 18.9. The largest absolute Gasteiger partial charge is 0.341 e. The van der Waals surface area contributed by atoms with Crippen LogP contribution in [0.2, 0.25) is 0 Å². The Balaban J connectivity index is 1.36. The number of hydrogen-bond acceptors (Lipinski definition) is 4. The van der Waals surface area contributed by atoms with Crippen molar-refractivity contribution in [1.29, 1.82) is 0 Å². The number of aryl methyl sites for hydroxylation is 1. The van der Waals surface area contributed by atoms with Gasteiger partial charge in [0.05, 0.1) is 10.6 Å². The maximum atomic E-state index is 12.8. The summed E-state index contributed by atoms with van der Waals surface area (Å²) in [6, 6.07) is 7.33. The molecular formula is C21H30N2O3S. The maximum absolute atomic E-state index is 12.8. The van der Waals surface area contributed by atoms with Gasteiger partial charge in [-0.3, -0.25) is 9.69 Å². The molecule has 0 aromatic heterocycles. The molecule has 2 bridgehead atoms. The lowest BCUT2D eigenvalue weighted by atomic mass is 9.95. The van der Waals surface area contributed by atoms with Crippen molar-refractivity contribution in [2.24, 2.45) is 11.8 Å². The highest BCUT2D eigenvalue weighted by molar-refractivity contribution is 7.91. The summed E-state index contributed by atoms with van der Waals surface area (Å²) in [5.41, 5.74) is 1.03. The highest BCUT2D eigenvalue weighted by Crippen LogP contribution is 2.35. The number of amides is 1. The van der Waals surface area contributed by atoms with Gasteiger partial charge in [-0.25, -0.2) is 8.42 Å². The molecule has 0 N–H and O–H groups in total. The van der Waals surface area contributed by atoms with Crippen LogP contribution in [0.3, 0.4) is 0 Å². The molecule has 0 spiro atoms. The van der Waals surface area contributed by atoms with Gasteiger partial charge in [0, 0.05) is 38.6 Å². The third-order valence-electron chi connectivity index (χ3n) is 6.33. The van der Waals surface area contributed by atoms with Gasteiger partial charge >= 0.3 is 0 Å². The molecule has 27 heavy (non-hydrogen) atoms. The number of nitrogens with zero attached hydrogens (tertiary/aromatic N) is 2. The van der Waals surface area contributed by atoms with Crippen LogP contribution in [0.4, 0.5) is 0 Å². The molecule has 4 aliphatic rings. The summed E-state index contributed by atoms with van der Waals surface area (Å²) in [5, 5.41) is 0. The number of sulfone groups is 1. The lowest BCUT2D eigenvalue weighted by Crippen LogP contribution is -2.45. The van der Waals surface area contributed by atoms with E-state index in [2.05, 4.69) is 4.90 Å². The number of fused-ring (bicyclic) bond motifs is 4. The van der Waals surface area contributed by atoms with Crippen molar-refractivity contribution in [3.05, 3.63) is 29.8 Å². The summed E-state index contributed by atoms with van der Waals surface area (Å²) in [6.45, 7) is 5.78. The molecule has 1 aromatic rings. The van der Waals surface area contributed by atoms with E-state index in [-0.39, 0.29) is 18.1 Å². The van der Waals surface area contributed by atoms with Crippen molar-refractivity contribution >= 4 is 15.7 Å². The summed E-state index contributed by atoms with van der Waals surface area (Å²) in [4.78, 5) is 17.6. The lowest BCUT2D eigenvalue weighted by Gasteiger charge is -2.36. The van der Waals surface area contributed by atoms with Crippen LogP contribution >= 0.6 is 0 Å². The standard InChI is InChI=1S/C21H30N2O3S/c1-16-2-8-20(9-3-16)27(25,26)11-10-21(24)23-14-18-6-7-19(15-23)22(13-18)12-17-4-5-17/h2-3,8-9,17-19H,4-7,10-15H2,1H3/t18-,19-/m0/s1. The van der Waals surface area contributed by atoms with Crippen LogP contribution in [-0.4, -0.2) is 62.1 Å². The molecule has 148 valence electrons. The van der Waals surface area contributed by atoms with Crippen LogP contribution in [0.1, 0.15) is 37.7 Å². The van der Waals surface area contributed by atoms with E-state index >= 15 is 0 Å². The fourth-order valence-corrected chi connectivity index (χ4v) is 5.71. The Morgan fingerprint density at radius 3 is 2.48 bits per heavy atom. The van der Waals surface area contributed by atoms with Gasteiger partial charge < -0.3 is 4.90 Å². The number of carbonyl (C=O) groups is 1. The summed E-state index contributed by atoms with van der Waals surface area (Å²) < 4.78 is 25.1. The quantitative estimate of drug-likeness (QED) is 0.749. The Morgan fingerprint density at radius 1 is 1.04 bits per heavy atom. The molecule has 6 heteroatoms. The smallest absolute Gasteiger partial charge is 0.223 e. The number of piperidine rings is 1. The SMILES string of the molecule is Cc1ccc(S(=O)(=O)CCC(=O)N2C[C@H]3CC[C@@H](C2)N(CC2CC2)C3)cc1. The fourth-order valence-electron chi connectivity index (χ4n) is 4.48. The van der Waals surface area contributed by atoms with Crippen molar-refractivity contribution in [2.75, 3.05) is 31.9 Å². The fraction of sp³-hybridized carbons (Fsp3) is 0.667. The van der Waals surface area contributed by atoms with Gasteiger partial charge in [-0.1, -0.05) is 17.7 Å². The normalized spacial score (nSPS) is 26.2. The van der Waals surface area contributed by atoms with E-state index in [0.29, 0.717) is 16.9 Å². The van der Waals surface area contributed by atoms with Crippen molar-refractivity contribution in [3.8, 4) is 0 Å². The van der Waals surface area contributed by atoms with E-state index in [0.717, 1.165) is 31.1 Å². The van der Waals surface area contributed by atoms with Crippen LogP contribution < -0.4 is 0 Å². The number of carbonyl (C=O) groups excluding carboxylic acids is 1. The molecule has 1 aliphatic carbocycles. The molecule has 5 rings (SSSR count). The van der Waals surface area contributed by atoms with Crippen molar-refractivity contribution < 1.29 is 13.2 Å². The van der Waals surface area contributed by atoms with Crippen LogP contribution in [0.5, 0.6) is 0 Å². The van der Waals surface area contributed by atoms with E-state index in [4.69, 9.17) is 0 Å². The number of hydrogen-bond donors (Lipinski definition) is 0. The molecule has 0 unspecified atom stereocenters. The molecule has 4 fully saturated rings. The van der Waals surface area contributed by atoms with Crippen molar-refractivity contribution in [2.45, 2.75) is 50.0 Å². The molecule has 3 heterocycles. The molecule has 2 atom stereocenters. The van der Waals surface area contributed by atoms with Crippen molar-refractivity contribution in [3.63, 3.8) is 0 Å². The average molecular weight is 391 g/mol. The molecule has 3 aliphatic heterocycles. The Labute approximate surface area is 162 Å². The minimum Gasteiger partial charge on any atom is -0.341 e. The first-order valence-electron chi connectivity index (χ1n) is 10.2. The van der Waals surface area contributed by atoms with Gasteiger partial charge in [-0.15, -0.1) is 0 Å².